The Hall–Kier alpha value is -1.24. The van der Waals surface area contributed by atoms with Crippen molar-refractivity contribution in [2.75, 3.05) is 33.0 Å². The molecule has 0 amide bonds. The normalized spacial score (nSPS) is 55.0. The van der Waals surface area contributed by atoms with E-state index in [0.717, 1.165) is 50.5 Å². The van der Waals surface area contributed by atoms with Crippen LogP contribution in [0.25, 0.3) is 0 Å². The highest BCUT2D eigenvalue weighted by molar-refractivity contribution is 5.63. The van der Waals surface area contributed by atoms with Gasteiger partial charge in [0.15, 0.2) is 0 Å². The first kappa shape index (κ1) is 33.1. The molecule has 5 heteroatoms. The molecule has 3 N–H and O–H groups in total. The van der Waals surface area contributed by atoms with Crippen LogP contribution in [-0.4, -0.2) is 66.2 Å². The molecule has 12 aliphatic rings. The van der Waals surface area contributed by atoms with Gasteiger partial charge in [0, 0.05) is 66.9 Å². The number of allylic oxidation sites excluding steroid dienone is 3. The maximum Gasteiger partial charge on any atom is 0.0719 e. The minimum absolute atomic E-state index is 0.00144. The molecule has 14 unspecified atom stereocenters. The smallest absolute Gasteiger partial charge is 0.0719 e. The molecule has 5 spiro atoms. The second-order valence-corrected chi connectivity index (χ2v) is 20.6. The van der Waals surface area contributed by atoms with Gasteiger partial charge >= 0.3 is 0 Å². The topological polar surface area (TPSA) is 56.5 Å². The molecule has 8 aliphatic carbocycles. The van der Waals surface area contributed by atoms with Crippen molar-refractivity contribution in [1.29, 1.82) is 0 Å². The zero-order valence-corrected chi connectivity index (χ0v) is 32.2. The quantitative estimate of drug-likeness (QED) is 0.129. The number of hydrogen-bond donors (Lipinski definition) is 3. The molecule has 0 aromatic carbocycles. The zero-order chi connectivity index (χ0) is 34.5. The van der Waals surface area contributed by atoms with Crippen LogP contribution in [0.3, 0.4) is 0 Å². The summed E-state index contributed by atoms with van der Waals surface area (Å²) in [5.41, 5.74) is 6.97. The summed E-state index contributed by atoms with van der Waals surface area (Å²) in [6.07, 6.45) is 36.2. The van der Waals surface area contributed by atoms with E-state index in [-0.39, 0.29) is 27.3 Å². The third-order valence-electron chi connectivity index (χ3n) is 19.9. The van der Waals surface area contributed by atoms with Crippen LogP contribution in [0.15, 0.2) is 47.1 Å². The molecular formula is C46H67N3O2. The lowest BCUT2D eigenvalue weighted by molar-refractivity contribution is -0.233. The van der Waals surface area contributed by atoms with Gasteiger partial charge < -0.3 is 20.5 Å². The van der Waals surface area contributed by atoms with E-state index in [2.05, 4.69) is 66.7 Å². The molecule has 278 valence electrons. The summed E-state index contributed by atoms with van der Waals surface area (Å²) in [4.78, 5) is 3.18. The lowest BCUT2D eigenvalue weighted by atomic mass is 9.31. The minimum Gasteiger partial charge on any atom is -0.396 e. The number of nitrogens with one attached hydrogen (secondary N) is 2. The average Bonchev–Trinajstić information content (AvgIpc) is 3.37. The molecule has 0 aromatic heterocycles. The molecule has 0 radical (unpaired) electrons. The molecule has 7 fully saturated rings. The molecule has 4 aliphatic heterocycles. The molecule has 2 saturated heterocycles. The second-order valence-electron chi connectivity index (χ2n) is 20.6. The third-order valence-corrected chi connectivity index (χ3v) is 19.9. The number of hydrogen-bond acceptors (Lipinski definition) is 5. The summed E-state index contributed by atoms with van der Waals surface area (Å²) >= 11 is 0. The van der Waals surface area contributed by atoms with Gasteiger partial charge in [-0.25, -0.2) is 0 Å². The first-order chi connectivity index (χ1) is 24.8. The van der Waals surface area contributed by atoms with Crippen LogP contribution in [0.1, 0.15) is 130 Å². The Morgan fingerprint density at radius 1 is 0.961 bits per heavy atom. The Morgan fingerprint density at radius 3 is 2.75 bits per heavy atom. The zero-order valence-electron chi connectivity index (χ0n) is 32.2. The summed E-state index contributed by atoms with van der Waals surface area (Å²) in [5.74, 6) is 2.97. The summed E-state index contributed by atoms with van der Waals surface area (Å²) in [6.45, 7) is 12.6. The standard InChI is InChI=1S/C46H67N3O2/c1-31-10-20-44-32(2)27-42(16-4-6-35(42)15-25-51-24-14-33-8-9-38-39(26-33)48-30-47-38)46(28-37(31)44)40(44,3)17-11-36-12-18-41-21-22-45(36,46)49-29-43(41,49)19-13-34(41)7-5-23-50/h11-12,18,21-22,32-35,38-39,47-48,50H,4-10,13-17,19-20,23-30H2,1-3H3. The van der Waals surface area contributed by atoms with Gasteiger partial charge in [-0.05, 0) is 150 Å². The number of aliphatic hydroxyl groups excluding tert-OH is 1. The lowest BCUT2D eigenvalue weighted by Crippen LogP contribution is -2.74. The van der Waals surface area contributed by atoms with E-state index in [9.17, 15) is 5.11 Å². The first-order valence-electron chi connectivity index (χ1n) is 22.0. The van der Waals surface area contributed by atoms with Crippen LogP contribution in [0.5, 0.6) is 0 Å². The van der Waals surface area contributed by atoms with Crippen molar-refractivity contribution >= 4 is 0 Å². The monoisotopic (exact) mass is 694 g/mol. The Bertz CT molecular complexity index is 1610. The van der Waals surface area contributed by atoms with Gasteiger partial charge in [0.05, 0.1) is 5.54 Å². The highest BCUT2D eigenvalue weighted by atomic mass is 16.5. The summed E-state index contributed by atoms with van der Waals surface area (Å²) < 4.78 is 6.70. The largest absolute Gasteiger partial charge is 0.396 e. The molecule has 5 saturated carbocycles. The van der Waals surface area contributed by atoms with Crippen molar-refractivity contribution in [3.8, 4) is 0 Å². The van der Waals surface area contributed by atoms with E-state index >= 15 is 0 Å². The van der Waals surface area contributed by atoms with Crippen LogP contribution >= 0.6 is 0 Å². The predicted molar refractivity (Wildman–Crippen MR) is 204 cm³/mol. The Morgan fingerprint density at radius 2 is 1.84 bits per heavy atom. The highest BCUT2D eigenvalue weighted by Crippen LogP contribution is 2.91. The van der Waals surface area contributed by atoms with Crippen molar-refractivity contribution in [2.24, 2.45) is 50.7 Å². The van der Waals surface area contributed by atoms with Gasteiger partial charge in [-0.1, -0.05) is 61.8 Å². The molecule has 12 rings (SSSR count). The van der Waals surface area contributed by atoms with Crippen molar-refractivity contribution in [3.63, 3.8) is 0 Å². The number of nitrogens with zero attached hydrogens (tertiary/aromatic N) is 1. The predicted octanol–water partition coefficient (Wildman–Crippen LogP) is 8.22. The first-order valence-corrected chi connectivity index (χ1v) is 22.0. The fourth-order valence-electron chi connectivity index (χ4n) is 18.1. The van der Waals surface area contributed by atoms with E-state index < -0.39 is 0 Å². The van der Waals surface area contributed by atoms with Gasteiger partial charge in [-0.15, -0.1) is 0 Å². The maximum absolute atomic E-state index is 9.89. The molecule has 51 heavy (non-hydrogen) atoms. The average molecular weight is 694 g/mol. The van der Waals surface area contributed by atoms with Gasteiger partial charge in [0.25, 0.3) is 0 Å². The Balaban J connectivity index is 0.965. The SMILES string of the molecule is CC1=C2CC34C5(CCCC5CCOCCC5CCC6NCNC6C5)CC(C)C2(CC1)C3(C)CC=C1C=CC23C=CC14N1CC12CCC3CCCO. The highest BCUT2D eigenvalue weighted by Gasteiger charge is 2.89. The molecule has 4 heterocycles. The number of ether oxygens (including phenoxy) is 1. The van der Waals surface area contributed by atoms with E-state index in [0.29, 0.717) is 35.4 Å². The molecule has 14 atom stereocenters. The molecule has 0 aromatic rings. The number of rotatable bonds is 9. The second kappa shape index (κ2) is 11.0. The fraction of sp³-hybridized carbons (Fsp3) is 0.826. The third kappa shape index (κ3) is 3.61. The van der Waals surface area contributed by atoms with Crippen LogP contribution in [-0.2, 0) is 4.74 Å². The minimum atomic E-state index is -0.00144. The van der Waals surface area contributed by atoms with Gasteiger partial charge in [0.2, 0.25) is 0 Å². The van der Waals surface area contributed by atoms with Crippen molar-refractivity contribution in [1.82, 2.24) is 15.5 Å². The van der Waals surface area contributed by atoms with Crippen molar-refractivity contribution in [3.05, 3.63) is 47.1 Å². The van der Waals surface area contributed by atoms with Crippen LogP contribution in [0, 0.1) is 50.7 Å². The fourth-order valence-corrected chi connectivity index (χ4v) is 18.1. The number of aliphatic hydroxyl groups is 1. The lowest BCUT2D eigenvalue weighted by Gasteiger charge is -2.74. The van der Waals surface area contributed by atoms with E-state index in [1.807, 2.05) is 5.57 Å². The van der Waals surface area contributed by atoms with Gasteiger partial charge in [-0.3, -0.25) is 4.90 Å². The van der Waals surface area contributed by atoms with Crippen LogP contribution in [0.4, 0.5) is 0 Å². The van der Waals surface area contributed by atoms with Crippen molar-refractivity contribution < 1.29 is 9.84 Å². The van der Waals surface area contributed by atoms with E-state index in [1.165, 1.54) is 103 Å². The molecular weight excluding hydrogens is 627 g/mol. The Kier molecular flexibility index (Phi) is 7.12. The molecule has 4 bridgehead atoms. The maximum atomic E-state index is 9.89. The van der Waals surface area contributed by atoms with Crippen LogP contribution in [0.2, 0.25) is 0 Å². The summed E-state index contributed by atoms with van der Waals surface area (Å²) in [5, 5.41) is 17.2. The summed E-state index contributed by atoms with van der Waals surface area (Å²) in [6, 6.07) is 1.38. The van der Waals surface area contributed by atoms with Crippen LogP contribution < -0.4 is 10.6 Å². The van der Waals surface area contributed by atoms with E-state index in [1.54, 1.807) is 11.1 Å². The van der Waals surface area contributed by atoms with Crippen molar-refractivity contribution in [2.45, 2.75) is 153 Å². The Labute approximate surface area is 308 Å². The molecule has 5 nitrogen and oxygen atoms in total. The summed E-state index contributed by atoms with van der Waals surface area (Å²) in [7, 11) is 0. The van der Waals surface area contributed by atoms with Gasteiger partial charge in [0.1, 0.15) is 0 Å². The van der Waals surface area contributed by atoms with Gasteiger partial charge in [-0.2, -0.15) is 0 Å². The number of fused-ring (bicyclic) bond motifs is 1. The van der Waals surface area contributed by atoms with E-state index in [4.69, 9.17) is 4.74 Å².